The number of thioether (sulfide) groups is 1. The summed E-state index contributed by atoms with van der Waals surface area (Å²) in [6.45, 7) is 8.33. The molecule has 0 fully saturated rings. The average Bonchev–Trinajstić information content (AvgIpc) is 3.22. The van der Waals surface area contributed by atoms with Gasteiger partial charge in [0.15, 0.2) is 5.82 Å². The third-order valence-corrected chi connectivity index (χ3v) is 6.07. The van der Waals surface area contributed by atoms with Crippen molar-refractivity contribution in [2.45, 2.75) is 56.9 Å². The molecule has 2 aromatic carbocycles. The van der Waals surface area contributed by atoms with Crippen molar-refractivity contribution in [1.82, 2.24) is 15.2 Å². The number of hydrogen-bond acceptors (Lipinski definition) is 4. The Labute approximate surface area is 176 Å². The van der Waals surface area contributed by atoms with Crippen LogP contribution in [0.4, 0.5) is 5.69 Å². The molecule has 0 aliphatic carbocycles. The van der Waals surface area contributed by atoms with Gasteiger partial charge in [0.2, 0.25) is 11.1 Å². The fraction of sp³-hybridized carbons (Fsp3) is 0.348. The zero-order valence-electron chi connectivity index (χ0n) is 17.4. The Bertz CT molecular complexity index is 952. The van der Waals surface area contributed by atoms with Gasteiger partial charge in [-0.3, -0.25) is 9.89 Å². The predicted octanol–water partition coefficient (Wildman–Crippen LogP) is 5.67. The molecular formula is C23H28N4OS. The number of rotatable bonds is 8. The lowest BCUT2D eigenvalue weighted by Crippen LogP contribution is -2.23. The first-order chi connectivity index (χ1) is 14.0. The summed E-state index contributed by atoms with van der Waals surface area (Å²) in [5, 5.41) is 10.6. The third-order valence-electron chi connectivity index (χ3n) is 5.11. The molecule has 5 nitrogen and oxygen atoms in total. The van der Waals surface area contributed by atoms with E-state index in [9.17, 15) is 4.79 Å². The van der Waals surface area contributed by atoms with Gasteiger partial charge in [0.05, 0.1) is 5.25 Å². The molecule has 2 atom stereocenters. The van der Waals surface area contributed by atoms with Gasteiger partial charge in [0.25, 0.3) is 0 Å². The van der Waals surface area contributed by atoms with Gasteiger partial charge in [-0.1, -0.05) is 75.0 Å². The normalized spacial score (nSPS) is 13.1. The number of H-pyrrole nitrogens is 1. The molecule has 1 amide bonds. The minimum atomic E-state index is -0.314. The fourth-order valence-corrected chi connectivity index (χ4v) is 3.76. The minimum absolute atomic E-state index is 0.0515. The number of aryl methyl sites for hydroxylation is 1. The summed E-state index contributed by atoms with van der Waals surface area (Å²) in [6.07, 6.45) is 2.03. The zero-order valence-corrected chi connectivity index (χ0v) is 18.2. The second-order valence-corrected chi connectivity index (χ2v) is 8.47. The summed E-state index contributed by atoms with van der Waals surface area (Å²) < 4.78 is 0. The molecule has 2 N–H and O–H groups in total. The maximum atomic E-state index is 12.7. The van der Waals surface area contributed by atoms with Crippen LogP contribution in [0.3, 0.4) is 0 Å². The summed E-state index contributed by atoms with van der Waals surface area (Å²) in [7, 11) is 0. The van der Waals surface area contributed by atoms with Crippen LogP contribution < -0.4 is 5.32 Å². The van der Waals surface area contributed by atoms with E-state index in [4.69, 9.17) is 0 Å². The maximum Gasteiger partial charge on any atom is 0.237 e. The number of nitrogens with zero attached hydrogens (tertiary/aromatic N) is 2. The van der Waals surface area contributed by atoms with E-state index in [-0.39, 0.29) is 11.2 Å². The molecule has 3 rings (SSSR count). The van der Waals surface area contributed by atoms with Crippen LogP contribution in [0, 0.1) is 0 Å². The van der Waals surface area contributed by atoms with Gasteiger partial charge in [-0.2, -0.15) is 0 Å². The van der Waals surface area contributed by atoms with E-state index in [1.54, 1.807) is 0 Å². The highest BCUT2D eigenvalue weighted by atomic mass is 32.2. The van der Waals surface area contributed by atoms with E-state index >= 15 is 0 Å². The van der Waals surface area contributed by atoms with Crippen molar-refractivity contribution in [2.24, 2.45) is 0 Å². The molecule has 152 valence electrons. The second kappa shape index (κ2) is 9.74. The Balaban J connectivity index is 1.65. The van der Waals surface area contributed by atoms with Crippen LogP contribution in [-0.2, 0) is 11.2 Å². The molecule has 1 aromatic heterocycles. The van der Waals surface area contributed by atoms with Crippen molar-refractivity contribution in [2.75, 3.05) is 5.32 Å². The lowest BCUT2D eigenvalue weighted by molar-refractivity contribution is -0.115. The highest BCUT2D eigenvalue weighted by Crippen LogP contribution is 2.28. The second-order valence-electron chi connectivity index (χ2n) is 7.16. The molecule has 3 aromatic rings. The Hall–Kier alpha value is -2.60. The van der Waals surface area contributed by atoms with Gasteiger partial charge in [-0.15, -0.1) is 5.10 Å². The van der Waals surface area contributed by atoms with Crippen LogP contribution in [0.1, 0.15) is 51.2 Å². The van der Waals surface area contributed by atoms with E-state index in [1.807, 2.05) is 37.3 Å². The van der Waals surface area contributed by atoms with Gasteiger partial charge in [0.1, 0.15) is 0 Å². The number of carbonyl (C=O) groups is 1. The summed E-state index contributed by atoms with van der Waals surface area (Å²) in [4.78, 5) is 17.3. The molecular weight excluding hydrogens is 380 g/mol. The minimum Gasteiger partial charge on any atom is -0.325 e. The summed E-state index contributed by atoms with van der Waals surface area (Å²) in [5.41, 5.74) is 4.31. The summed E-state index contributed by atoms with van der Waals surface area (Å²) in [5.74, 6) is 1.05. The van der Waals surface area contributed by atoms with Crippen LogP contribution in [-0.4, -0.2) is 26.3 Å². The average molecular weight is 409 g/mol. The molecule has 0 spiro atoms. The number of benzene rings is 2. The molecule has 6 heteroatoms. The van der Waals surface area contributed by atoms with E-state index in [0.29, 0.717) is 16.9 Å². The van der Waals surface area contributed by atoms with E-state index < -0.39 is 0 Å². The Kier molecular flexibility index (Phi) is 7.09. The predicted molar refractivity (Wildman–Crippen MR) is 120 cm³/mol. The van der Waals surface area contributed by atoms with Crippen molar-refractivity contribution in [1.29, 1.82) is 0 Å². The number of aromatic amines is 1. The zero-order chi connectivity index (χ0) is 20.8. The summed E-state index contributed by atoms with van der Waals surface area (Å²) >= 11 is 1.35. The van der Waals surface area contributed by atoms with E-state index in [0.717, 1.165) is 29.7 Å². The SMILES string of the molecule is CCc1ccc(-c2nc(SC(C)C(=O)Nc3ccccc3C(C)CC)n[nH]2)cc1. The van der Waals surface area contributed by atoms with Gasteiger partial charge in [-0.25, -0.2) is 4.98 Å². The quantitative estimate of drug-likeness (QED) is 0.471. The van der Waals surface area contributed by atoms with Crippen LogP contribution in [0.5, 0.6) is 0 Å². The number of aromatic nitrogens is 3. The molecule has 0 saturated carbocycles. The largest absolute Gasteiger partial charge is 0.325 e. The molecule has 0 aliphatic rings. The van der Waals surface area contributed by atoms with Gasteiger partial charge >= 0.3 is 0 Å². The van der Waals surface area contributed by atoms with Crippen molar-refractivity contribution in [3.05, 3.63) is 59.7 Å². The van der Waals surface area contributed by atoms with Crippen LogP contribution in [0.2, 0.25) is 0 Å². The molecule has 2 unspecified atom stereocenters. The number of amides is 1. The Morgan fingerprint density at radius 2 is 1.83 bits per heavy atom. The number of para-hydroxylation sites is 1. The third kappa shape index (κ3) is 5.26. The first kappa shape index (κ1) is 21.1. The standard InChI is InChI=1S/C23H28N4OS/c1-5-15(3)19-9-7-8-10-20(19)24-22(28)16(4)29-23-25-21(26-27-23)18-13-11-17(6-2)12-14-18/h7-16H,5-6H2,1-4H3,(H,24,28)(H,25,26,27). The lowest BCUT2D eigenvalue weighted by Gasteiger charge is -2.17. The van der Waals surface area contributed by atoms with Crippen molar-refractivity contribution >= 4 is 23.4 Å². The summed E-state index contributed by atoms with van der Waals surface area (Å²) in [6, 6.07) is 16.3. The Morgan fingerprint density at radius 3 is 2.52 bits per heavy atom. The number of nitrogens with one attached hydrogen (secondary N) is 2. The molecule has 0 saturated heterocycles. The number of hydrogen-bond donors (Lipinski definition) is 2. The van der Waals surface area contributed by atoms with Crippen LogP contribution in [0.25, 0.3) is 11.4 Å². The molecule has 0 radical (unpaired) electrons. The van der Waals surface area contributed by atoms with Gasteiger partial charge in [0, 0.05) is 11.3 Å². The molecule has 0 bridgehead atoms. The van der Waals surface area contributed by atoms with Crippen molar-refractivity contribution in [3.63, 3.8) is 0 Å². The van der Waals surface area contributed by atoms with Gasteiger partial charge in [-0.05, 0) is 42.9 Å². The smallest absolute Gasteiger partial charge is 0.237 e. The maximum absolute atomic E-state index is 12.7. The lowest BCUT2D eigenvalue weighted by atomic mass is 9.97. The highest BCUT2D eigenvalue weighted by molar-refractivity contribution is 8.00. The monoisotopic (exact) mass is 408 g/mol. The van der Waals surface area contributed by atoms with Gasteiger partial charge < -0.3 is 5.32 Å². The first-order valence-electron chi connectivity index (χ1n) is 10.1. The molecule has 1 heterocycles. The fourth-order valence-electron chi connectivity index (χ4n) is 3.03. The number of anilines is 1. The highest BCUT2D eigenvalue weighted by Gasteiger charge is 2.19. The molecule has 0 aliphatic heterocycles. The Morgan fingerprint density at radius 1 is 1.10 bits per heavy atom. The molecule has 29 heavy (non-hydrogen) atoms. The van der Waals surface area contributed by atoms with Crippen LogP contribution >= 0.6 is 11.8 Å². The number of carbonyl (C=O) groups excluding carboxylic acids is 1. The van der Waals surface area contributed by atoms with Crippen molar-refractivity contribution < 1.29 is 4.79 Å². The van der Waals surface area contributed by atoms with E-state index in [1.165, 1.54) is 17.3 Å². The van der Waals surface area contributed by atoms with Crippen LogP contribution in [0.15, 0.2) is 53.7 Å². The van der Waals surface area contributed by atoms with E-state index in [2.05, 4.69) is 59.5 Å². The first-order valence-corrected chi connectivity index (χ1v) is 11.0. The topological polar surface area (TPSA) is 70.7 Å². The van der Waals surface area contributed by atoms with Crippen molar-refractivity contribution in [3.8, 4) is 11.4 Å².